The molecule has 1 atom stereocenters. The van der Waals surface area contributed by atoms with E-state index >= 15 is 0 Å². The van der Waals surface area contributed by atoms with Crippen molar-refractivity contribution < 1.29 is 27.5 Å². The summed E-state index contributed by atoms with van der Waals surface area (Å²) in [6, 6.07) is 7.45. The molecule has 2 fully saturated rings. The Kier molecular flexibility index (Phi) is 8.32. The molecule has 2 amide bonds. The summed E-state index contributed by atoms with van der Waals surface area (Å²) >= 11 is 0. The van der Waals surface area contributed by atoms with E-state index in [1.54, 1.807) is 14.0 Å². The van der Waals surface area contributed by atoms with Gasteiger partial charge >= 0.3 is 6.09 Å². The third kappa shape index (κ3) is 5.70. The van der Waals surface area contributed by atoms with Crippen LogP contribution in [0.25, 0.3) is 0 Å². The highest BCUT2D eigenvalue weighted by atomic mass is 32.2. The Morgan fingerprint density at radius 1 is 1.09 bits per heavy atom. The van der Waals surface area contributed by atoms with Crippen LogP contribution in [0.3, 0.4) is 0 Å². The van der Waals surface area contributed by atoms with Gasteiger partial charge in [-0.15, -0.1) is 0 Å². The van der Waals surface area contributed by atoms with E-state index < -0.39 is 22.2 Å². The lowest BCUT2D eigenvalue weighted by molar-refractivity contribution is -0.126. The van der Waals surface area contributed by atoms with Gasteiger partial charge in [0.05, 0.1) is 19.6 Å². The summed E-state index contributed by atoms with van der Waals surface area (Å²) in [6.07, 6.45) is 0.837. The van der Waals surface area contributed by atoms with E-state index in [1.807, 2.05) is 24.3 Å². The fourth-order valence-corrected chi connectivity index (χ4v) is 5.70. The molecule has 11 heteroatoms. The number of methoxy groups -OCH3 is 1. The molecule has 2 saturated heterocycles. The number of hydrogen-bond donors (Lipinski definition) is 1. The Morgan fingerprint density at radius 2 is 1.81 bits per heavy atom. The summed E-state index contributed by atoms with van der Waals surface area (Å²) in [5.74, 6) is 0.125. The lowest BCUT2D eigenvalue weighted by Gasteiger charge is -2.38. The minimum absolute atomic E-state index is 0.151. The van der Waals surface area contributed by atoms with Crippen LogP contribution in [0, 0.1) is 5.92 Å². The molecule has 0 saturated carbocycles. The number of para-hydroxylation sites is 1. The zero-order valence-corrected chi connectivity index (χ0v) is 19.5. The van der Waals surface area contributed by atoms with Crippen molar-refractivity contribution in [3.8, 4) is 5.75 Å². The topological polar surface area (TPSA) is 108 Å². The molecule has 32 heavy (non-hydrogen) atoms. The Morgan fingerprint density at radius 3 is 2.50 bits per heavy atom. The summed E-state index contributed by atoms with van der Waals surface area (Å²) in [6.45, 7) is 3.87. The van der Waals surface area contributed by atoms with Crippen molar-refractivity contribution in [2.75, 3.05) is 53.0 Å². The molecule has 1 N–H and O–H groups in total. The Bertz CT molecular complexity index is 901. The van der Waals surface area contributed by atoms with Gasteiger partial charge in [0.1, 0.15) is 5.75 Å². The highest BCUT2D eigenvalue weighted by molar-refractivity contribution is 7.86. The third-order valence-corrected chi connectivity index (χ3v) is 7.82. The predicted molar refractivity (Wildman–Crippen MR) is 118 cm³/mol. The largest absolute Gasteiger partial charge is 0.496 e. The van der Waals surface area contributed by atoms with Crippen molar-refractivity contribution >= 4 is 22.2 Å². The molecule has 0 aliphatic carbocycles. The van der Waals surface area contributed by atoms with E-state index in [0.29, 0.717) is 31.7 Å². The van der Waals surface area contributed by atoms with Gasteiger partial charge in [0.15, 0.2) is 0 Å². The van der Waals surface area contributed by atoms with Crippen molar-refractivity contribution in [2.45, 2.75) is 26.3 Å². The Hall–Kier alpha value is -2.37. The minimum Gasteiger partial charge on any atom is -0.496 e. The predicted octanol–water partition coefficient (Wildman–Crippen LogP) is 1.04. The molecule has 1 unspecified atom stereocenters. The Balaban J connectivity index is 1.55. The molecule has 0 aromatic heterocycles. The van der Waals surface area contributed by atoms with Crippen LogP contribution in [0.4, 0.5) is 4.79 Å². The van der Waals surface area contributed by atoms with Crippen LogP contribution in [0.15, 0.2) is 24.3 Å². The number of ether oxygens (including phenoxy) is 2. The van der Waals surface area contributed by atoms with Crippen molar-refractivity contribution in [1.29, 1.82) is 0 Å². The van der Waals surface area contributed by atoms with Gasteiger partial charge in [-0.1, -0.05) is 18.2 Å². The highest BCUT2D eigenvalue weighted by Crippen LogP contribution is 2.23. The summed E-state index contributed by atoms with van der Waals surface area (Å²) in [5, 5.41) is 2.91. The number of hydrogen-bond acceptors (Lipinski definition) is 6. The molecule has 178 valence electrons. The number of nitrogens with one attached hydrogen (secondary N) is 1. The van der Waals surface area contributed by atoms with Crippen LogP contribution < -0.4 is 10.1 Å². The van der Waals surface area contributed by atoms with Crippen LogP contribution in [0.2, 0.25) is 0 Å². The van der Waals surface area contributed by atoms with Crippen molar-refractivity contribution in [3.63, 3.8) is 0 Å². The van der Waals surface area contributed by atoms with Gasteiger partial charge < -0.3 is 19.7 Å². The van der Waals surface area contributed by atoms with E-state index in [2.05, 4.69) is 5.32 Å². The first-order valence-electron chi connectivity index (χ1n) is 10.9. The number of amides is 2. The molecule has 2 heterocycles. The van der Waals surface area contributed by atoms with Gasteiger partial charge in [-0.2, -0.15) is 17.0 Å². The SMILES string of the molecule is CCOC(=O)N1CCN(S(=O)(=O)N2CCCC(C(=O)NCc3ccccc3OC)C2)CC1. The van der Waals surface area contributed by atoms with Crippen LogP contribution in [-0.4, -0.2) is 86.9 Å². The zero-order chi connectivity index (χ0) is 23.1. The number of piperazine rings is 1. The van der Waals surface area contributed by atoms with E-state index in [9.17, 15) is 18.0 Å². The second-order valence-corrected chi connectivity index (χ2v) is 9.75. The first-order chi connectivity index (χ1) is 15.4. The van der Waals surface area contributed by atoms with Crippen LogP contribution >= 0.6 is 0 Å². The summed E-state index contributed by atoms with van der Waals surface area (Å²) in [4.78, 5) is 26.1. The molecule has 0 spiro atoms. The highest BCUT2D eigenvalue weighted by Gasteiger charge is 2.37. The van der Waals surface area contributed by atoms with Gasteiger partial charge in [-0.25, -0.2) is 4.79 Å². The number of piperidine rings is 1. The number of carbonyl (C=O) groups excluding carboxylic acids is 2. The number of rotatable bonds is 7. The van der Waals surface area contributed by atoms with Gasteiger partial charge in [0.2, 0.25) is 5.91 Å². The summed E-state index contributed by atoms with van der Waals surface area (Å²) in [5.41, 5.74) is 0.864. The molecule has 3 rings (SSSR count). The van der Waals surface area contributed by atoms with Gasteiger partial charge in [0, 0.05) is 51.4 Å². The van der Waals surface area contributed by atoms with Gasteiger partial charge in [-0.3, -0.25) is 4.79 Å². The maximum Gasteiger partial charge on any atom is 0.409 e. The van der Waals surface area contributed by atoms with Crippen LogP contribution in [-0.2, 0) is 26.3 Å². The number of carbonyl (C=O) groups is 2. The second kappa shape index (κ2) is 11.0. The zero-order valence-electron chi connectivity index (χ0n) is 18.7. The van der Waals surface area contributed by atoms with E-state index in [4.69, 9.17) is 9.47 Å². The smallest absolute Gasteiger partial charge is 0.409 e. The third-order valence-electron chi connectivity index (χ3n) is 5.82. The van der Waals surface area contributed by atoms with E-state index in [1.165, 1.54) is 13.5 Å². The minimum atomic E-state index is -3.70. The average molecular weight is 469 g/mol. The lowest BCUT2D eigenvalue weighted by Crippen LogP contribution is -2.56. The van der Waals surface area contributed by atoms with E-state index in [0.717, 1.165) is 5.56 Å². The fraction of sp³-hybridized carbons (Fsp3) is 0.619. The van der Waals surface area contributed by atoms with Crippen molar-refractivity contribution in [2.24, 2.45) is 5.92 Å². The first kappa shape index (κ1) is 24.3. The van der Waals surface area contributed by atoms with Gasteiger partial charge in [0.25, 0.3) is 10.2 Å². The molecular formula is C21H32N4O6S. The summed E-state index contributed by atoms with van der Waals surface area (Å²) < 4.78 is 39.4. The maximum atomic E-state index is 13.1. The first-order valence-corrected chi connectivity index (χ1v) is 12.3. The Labute approximate surface area is 189 Å². The molecule has 1 aromatic carbocycles. The number of benzene rings is 1. The number of nitrogens with zero attached hydrogens (tertiary/aromatic N) is 3. The normalized spacial score (nSPS) is 20.6. The average Bonchev–Trinajstić information content (AvgIpc) is 2.83. The van der Waals surface area contributed by atoms with Crippen molar-refractivity contribution in [3.05, 3.63) is 29.8 Å². The molecule has 10 nitrogen and oxygen atoms in total. The second-order valence-electron chi connectivity index (χ2n) is 7.82. The van der Waals surface area contributed by atoms with Crippen molar-refractivity contribution in [1.82, 2.24) is 18.8 Å². The molecule has 2 aliphatic rings. The summed E-state index contributed by atoms with van der Waals surface area (Å²) in [7, 11) is -2.12. The molecule has 1 aromatic rings. The molecule has 0 radical (unpaired) electrons. The maximum absolute atomic E-state index is 13.1. The molecule has 2 aliphatic heterocycles. The quantitative estimate of drug-likeness (QED) is 0.641. The van der Waals surface area contributed by atoms with E-state index in [-0.39, 0.29) is 45.2 Å². The molecule has 0 bridgehead atoms. The standard InChI is InChI=1S/C21H32N4O6S/c1-3-31-21(27)23-11-13-24(14-12-23)32(28,29)25-10-6-8-18(16-25)20(26)22-15-17-7-4-5-9-19(17)30-2/h4-5,7,9,18H,3,6,8,10-16H2,1-2H3,(H,22,26). The lowest BCUT2D eigenvalue weighted by atomic mass is 9.98. The van der Waals surface area contributed by atoms with Crippen LogP contribution in [0.5, 0.6) is 5.75 Å². The molecular weight excluding hydrogens is 436 g/mol. The van der Waals surface area contributed by atoms with Crippen LogP contribution in [0.1, 0.15) is 25.3 Å². The fourth-order valence-electron chi connectivity index (χ4n) is 4.02. The monoisotopic (exact) mass is 468 g/mol. The van der Waals surface area contributed by atoms with Gasteiger partial charge in [-0.05, 0) is 25.8 Å².